The lowest BCUT2D eigenvalue weighted by Gasteiger charge is -2.12. The monoisotopic (exact) mass is 417 g/mol. The van der Waals surface area contributed by atoms with Crippen LogP contribution in [0, 0.1) is 6.92 Å². The second-order valence-corrected chi connectivity index (χ2v) is 9.69. The van der Waals surface area contributed by atoms with Gasteiger partial charge in [0.2, 0.25) is 0 Å². The van der Waals surface area contributed by atoms with Crippen molar-refractivity contribution < 1.29 is 4.57 Å². The molecule has 0 aliphatic heterocycles. The number of para-hydroxylation sites is 2. The van der Waals surface area contributed by atoms with Crippen molar-refractivity contribution in [1.82, 2.24) is 4.57 Å². The molecule has 148 valence electrons. The van der Waals surface area contributed by atoms with Gasteiger partial charge in [-0.05, 0) is 70.4 Å². The van der Waals surface area contributed by atoms with E-state index in [0.717, 1.165) is 0 Å². The maximum Gasteiger partial charge on any atom is 0.289 e. The summed E-state index contributed by atoms with van der Waals surface area (Å²) < 4.78 is 7.41. The van der Waals surface area contributed by atoms with Crippen molar-refractivity contribution in [2.24, 2.45) is 14.1 Å². The number of aromatic nitrogens is 2. The van der Waals surface area contributed by atoms with Gasteiger partial charge in [0.05, 0.1) is 19.7 Å². The van der Waals surface area contributed by atoms with Gasteiger partial charge in [0, 0.05) is 20.2 Å². The number of hydrogen-bond donors (Lipinski definition) is 0. The van der Waals surface area contributed by atoms with E-state index < -0.39 is 0 Å². The zero-order valence-electron chi connectivity index (χ0n) is 17.7. The molecule has 0 unspecified atom stereocenters. The van der Waals surface area contributed by atoms with Crippen molar-refractivity contribution in [3.05, 3.63) is 78.4 Å². The SMILES string of the molecule is Cc1cc2c(cc1-c1n(C)c3ccccc3[n+]1C)c1cccc3sc4cccc2c4c31. The van der Waals surface area contributed by atoms with Crippen LogP contribution in [0.5, 0.6) is 0 Å². The largest absolute Gasteiger partial charge is 0.289 e. The van der Waals surface area contributed by atoms with Gasteiger partial charge in [0.1, 0.15) is 0 Å². The van der Waals surface area contributed by atoms with E-state index in [4.69, 9.17) is 0 Å². The van der Waals surface area contributed by atoms with Gasteiger partial charge in [-0.25, -0.2) is 9.13 Å². The molecule has 0 fully saturated rings. The Kier molecular flexibility index (Phi) is 3.25. The zero-order valence-corrected chi connectivity index (χ0v) is 18.5. The predicted molar refractivity (Wildman–Crippen MR) is 133 cm³/mol. The molecule has 31 heavy (non-hydrogen) atoms. The van der Waals surface area contributed by atoms with E-state index >= 15 is 0 Å². The highest BCUT2D eigenvalue weighted by atomic mass is 32.1. The van der Waals surface area contributed by atoms with Gasteiger partial charge in [0.25, 0.3) is 5.82 Å². The first-order valence-electron chi connectivity index (χ1n) is 10.7. The average Bonchev–Trinajstić information content (AvgIpc) is 3.29. The van der Waals surface area contributed by atoms with E-state index in [1.807, 2.05) is 11.3 Å². The van der Waals surface area contributed by atoms with Crippen molar-refractivity contribution in [3.63, 3.8) is 0 Å². The van der Waals surface area contributed by atoms with Crippen LogP contribution in [0.4, 0.5) is 0 Å². The molecule has 0 aliphatic carbocycles. The highest BCUT2D eigenvalue weighted by molar-refractivity contribution is 7.26. The lowest BCUT2D eigenvalue weighted by Crippen LogP contribution is -2.30. The molecule has 0 saturated carbocycles. The molecular weight excluding hydrogens is 396 g/mol. The molecule has 0 amide bonds. The summed E-state index contributed by atoms with van der Waals surface area (Å²) in [5.74, 6) is 1.24. The first-order chi connectivity index (χ1) is 15.1. The molecule has 0 saturated heterocycles. The fourth-order valence-electron chi connectivity index (χ4n) is 5.56. The number of nitrogens with zero attached hydrogens (tertiary/aromatic N) is 2. The number of aryl methyl sites for hydroxylation is 3. The second kappa shape index (κ2) is 5.83. The Morgan fingerprint density at radius 3 is 2.06 bits per heavy atom. The van der Waals surface area contributed by atoms with Gasteiger partial charge in [-0.1, -0.05) is 36.4 Å². The van der Waals surface area contributed by atoms with Crippen LogP contribution in [0.25, 0.3) is 64.1 Å². The summed E-state index contributed by atoms with van der Waals surface area (Å²) in [6.45, 7) is 2.25. The van der Waals surface area contributed by atoms with E-state index in [9.17, 15) is 0 Å². The predicted octanol–water partition coefficient (Wildman–Crippen LogP) is 7.09. The minimum atomic E-state index is 1.24. The molecule has 3 heteroatoms. The van der Waals surface area contributed by atoms with E-state index in [1.165, 1.54) is 69.7 Å². The van der Waals surface area contributed by atoms with Crippen molar-refractivity contribution in [1.29, 1.82) is 0 Å². The molecule has 7 rings (SSSR count). The summed E-state index contributed by atoms with van der Waals surface area (Å²) in [6, 6.07) is 27.0. The Balaban J connectivity index is 1.69. The van der Waals surface area contributed by atoms with Crippen LogP contribution in [0.2, 0.25) is 0 Å². The third-order valence-corrected chi connectivity index (χ3v) is 8.07. The van der Waals surface area contributed by atoms with Gasteiger partial charge in [-0.2, -0.15) is 0 Å². The Morgan fingerprint density at radius 2 is 1.39 bits per heavy atom. The fourth-order valence-corrected chi connectivity index (χ4v) is 6.71. The summed E-state index contributed by atoms with van der Waals surface area (Å²) in [7, 11) is 4.35. The molecule has 0 aliphatic rings. The Bertz CT molecular complexity index is 1780. The normalized spacial score (nSPS) is 12.4. The molecule has 2 nitrogen and oxygen atoms in total. The molecule has 0 atom stereocenters. The van der Waals surface area contributed by atoms with Crippen molar-refractivity contribution in [2.75, 3.05) is 0 Å². The van der Waals surface area contributed by atoms with Gasteiger partial charge in [0.15, 0.2) is 11.0 Å². The average molecular weight is 418 g/mol. The van der Waals surface area contributed by atoms with Crippen LogP contribution >= 0.6 is 11.3 Å². The number of imidazole rings is 1. The summed E-state index contributed by atoms with van der Waals surface area (Å²) in [4.78, 5) is 0. The quantitative estimate of drug-likeness (QED) is 0.199. The first-order valence-corrected chi connectivity index (χ1v) is 11.5. The Labute approximate surface area is 183 Å². The van der Waals surface area contributed by atoms with Crippen molar-refractivity contribution >= 4 is 64.1 Å². The molecule has 0 spiro atoms. The summed E-state index contributed by atoms with van der Waals surface area (Å²) in [5, 5.41) is 8.27. The molecule has 0 bridgehead atoms. The minimum Gasteiger partial charge on any atom is -0.226 e. The van der Waals surface area contributed by atoms with E-state index in [2.05, 4.69) is 103 Å². The number of thiophene rings is 1. The Morgan fingerprint density at radius 1 is 0.742 bits per heavy atom. The van der Waals surface area contributed by atoms with E-state index in [0.29, 0.717) is 0 Å². The lowest BCUT2D eigenvalue weighted by molar-refractivity contribution is -0.634. The maximum atomic E-state index is 2.42. The van der Waals surface area contributed by atoms with Crippen LogP contribution in [0.3, 0.4) is 0 Å². The van der Waals surface area contributed by atoms with Crippen LogP contribution in [-0.2, 0) is 14.1 Å². The lowest BCUT2D eigenvalue weighted by atomic mass is 9.91. The fraction of sp³-hybridized carbons (Fsp3) is 0.107. The molecule has 7 aromatic rings. The molecule has 0 N–H and O–H groups in total. The van der Waals surface area contributed by atoms with Gasteiger partial charge in [-0.3, -0.25) is 0 Å². The number of hydrogen-bond acceptors (Lipinski definition) is 1. The third kappa shape index (κ3) is 2.09. The van der Waals surface area contributed by atoms with Crippen LogP contribution in [0.15, 0.2) is 72.8 Å². The smallest absolute Gasteiger partial charge is 0.226 e. The highest BCUT2D eigenvalue weighted by Gasteiger charge is 2.24. The molecule has 0 radical (unpaired) electrons. The molecular formula is C28H21N2S+. The number of fused-ring (bicyclic) bond motifs is 4. The summed E-state index contributed by atoms with van der Waals surface area (Å²) in [5.41, 5.74) is 5.11. The molecule has 2 aromatic heterocycles. The first kappa shape index (κ1) is 17.3. The van der Waals surface area contributed by atoms with Crippen molar-refractivity contribution in [3.8, 4) is 11.4 Å². The van der Waals surface area contributed by atoms with E-state index in [1.54, 1.807) is 0 Å². The topological polar surface area (TPSA) is 8.81 Å². The van der Waals surface area contributed by atoms with Gasteiger partial charge < -0.3 is 0 Å². The van der Waals surface area contributed by atoms with Crippen LogP contribution in [0.1, 0.15) is 5.56 Å². The van der Waals surface area contributed by atoms with Crippen molar-refractivity contribution in [2.45, 2.75) is 6.92 Å². The Hall–Kier alpha value is -3.43. The maximum absolute atomic E-state index is 2.42. The number of benzene rings is 5. The minimum absolute atomic E-state index is 1.24. The molecule has 5 aromatic carbocycles. The highest BCUT2D eigenvalue weighted by Crippen LogP contribution is 2.45. The standard InChI is InChI=1S/C28H21N2S/c1-16-14-20-17-8-6-12-24-26(17)27-18(9-7-13-25(27)31-24)21(20)15-19(16)28-29(2)22-10-4-5-11-23(22)30(28)3/h4-15H,1-3H3/q+1. The summed E-state index contributed by atoms with van der Waals surface area (Å²) in [6.07, 6.45) is 0. The zero-order chi connectivity index (χ0) is 20.9. The third-order valence-electron chi connectivity index (χ3n) is 6.95. The summed E-state index contributed by atoms with van der Waals surface area (Å²) >= 11 is 1.91. The number of rotatable bonds is 1. The molecule has 2 heterocycles. The van der Waals surface area contributed by atoms with E-state index in [-0.39, 0.29) is 0 Å². The van der Waals surface area contributed by atoms with Gasteiger partial charge >= 0.3 is 0 Å². The van der Waals surface area contributed by atoms with Crippen LogP contribution < -0.4 is 4.57 Å². The second-order valence-electron chi connectivity index (χ2n) is 8.60. The van der Waals surface area contributed by atoms with Crippen LogP contribution in [-0.4, -0.2) is 4.57 Å². The van der Waals surface area contributed by atoms with Gasteiger partial charge in [-0.15, -0.1) is 11.3 Å².